The molecule has 0 saturated carbocycles. The minimum absolute atomic E-state index is 0.133. The summed E-state index contributed by atoms with van der Waals surface area (Å²) in [4.78, 5) is 17.6. The van der Waals surface area contributed by atoms with Crippen LogP contribution < -0.4 is 10.6 Å². The van der Waals surface area contributed by atoms with Crippen LogP contribution in [0.5, 0.6) is 0 Å². The van der Waals surface area contributed by atoms with E-state index in [0.717, 1.165) is 40.8 Å². The van der Waals surface area contributed by atoms with Crippen molar-refractivity contribution in [3.63, 3.8) is 0 Å². The normalized spacial score (nSPS) is 17.2. The van der Waals surface area contributed by atoms with Crippen LogP contribution in [-0.2, 0) is 11.3 Å². The van der Waals surface area contributed by atoms with E-state index in [9.17, 15) is 4.79 Å². The number of carbonyl (C=O) groups excluding carboxylic acids is 1. The summed E-state index contributed by atoms with van der Waals surface area (Å²) in [5, 5.41) is 6.80. The molecule has 0 radical (unpaired) electrons. The molecule has 1 aromatic carbocycles. The second kappa shape index (κ2) is 7.57. The molecule has 2 heterocycles. The number of aromatic nitrogens is 1. The Kier molecular flexibility index (Phi) is 5.25. The number of aryl methyl sites for hydroxylation is 1. The summed E-state index contributed by atoms with van der Waals surface area (Å²) in [5.74, 6) is 0.440. The molecule has 2 amide bonds. The van der Waals surface area contributed by atoms with Gasteiger partial charge in [0.1, 0.15) is 5.01 Å². The number of carbonyl (C=O) groups is 1. The number of nitrogens with one attached hydrogen (secondary N) is 2. The number of urea groups is 1. The molecular formula is C17H21N3O2S. The lowest BCUT2D eigenvalue weighted by molar-refractivity contribution is 0.185. The molecule has 0 aliphatic carbocycles. The topological polar surface area (TPSA) is 63.2 Å². The van der Waals surface area contributed by atoms with E-state index in [1.54, 1.807) is 11.3 Å². The largest absolute Gasteiger partial charge is 0.381 e. The van der Waals surface area contributed by atoms with Crippen LogP contribution in [0.15, 0.2) is 30.3 Å². The summed E-state index contributed by atoms with van der Waals surface area (Å²) >= 11 is 1.62. The number of hydrogen-bond acceptors (Lipinski definition) is 4. The van der Waals surface area contributed by atoms with Gasteiger partial charge in [-0.05, 0) is 13.3 Å². The summed E-state index contributed by atoms with van der Waals surface area (Å²) < 4.78 is 5.30. The van der Waals surface area contributed by atoms with Gasteiger partial charge in [0, 0.05) is 29.5 Å². The predicted molar refractivity (Wildman–Crippen MR) is 91.5 cm³/mol. The van der Waals surface area contributed by atoms with Crippen molar-refractivity contribution in [2.45, 2.75) is 19.9 Å². The van der Waals surface area contributed by atoms with E-state index in [1.807, 2.05) is 37.3 Å². The summed E-state index contributed by atoms with van der Waals surface area (Å²) in [6.07, 6.45) is 1.02. The lowest BCUT2D eigenvalue weighted by Crippen LogP contribution is -2.38. The highest BCUT2D eigenvalue weighted by molar-refractivity contribution is 7.15. The maximum atomic E-state index is 11.9. The molecule has 1 saturated heterocycles. The fraction of sp³-hybridized carbons (Fsp3) is 0.412. The number of nitrogens with zero attached hydrogens (tertiary/aromatic N) is 1. The molecule has 1 aliphatic heterocycles. The van der Waals surface area contributed by atoms with Crippen LogP contribution in [0.3, 0.4) is 0 Å². The summed E-state index contributed by atoms with van der Waals surface area (Å²) in [5.41, 5.74) is 2.08. The van der Waals surface area contributed by atoms with Crippen molar-refractivity contribution in [2.24, 2.45) is 5.92 Å². The number of benzene rings is 1. The van der Waals surface area contributed by atoms with Gasteiger partial charge < -0.3 is 15.4 Å². The molecule has 3 rings (SSSR count). The first-order valence-corrected chi connectivity index (χ1v) is 8.65. The van der Waals surface area contributed by atoms with Crippen molar-refractivity contribution in [3.05, 3.63) is 40.9 Å². The van der Waals surface area contributed by atoms with Crippen molar-refractivity contribution in [1.82, 2.24) is 15.6 Å². The van der Waals surface area contributed by atoms with Crippen LogP contribution in [0.2, 0.25) is 0 Å². The fourth-order valence-corrected chi connectivity index (χ4v) is 3.51. The van der Waals surface area contributed by atoms with Gasteiger partial charge in [-0.1, -0.05) is 30.3 Å². The van der Waals surface area contributed by atoms with Gasteiger partial charge in [0.15, 0.2) is 0 Å². The zero-order valence-electron chi connectivity index (χ0n) is 13.2. The van der Waals surface area contributed by atoms with Gasteiger partial charge in [-0.25, -0.2) is 9.78 Å². The Bertz CT molecular complexity index is 651. The van der Waals surface area contributed by atoms with E-state index in [1.165, 1.54) is 0 Å². The van der Waals surface area contributed by atoms with E-state index in [0.29, 0.717) is 19.0 Å². The summed E-state index contributed by atoms with van der Waals surface area (Å²) in [6.45, 7) is 4.70. The second-order valence-electron chi connectivity index (χ2n) is 5.69. The Balaban J connectivity index is 1.52. The van der Waals surface area contributed by atoms with Crippen LogP contribution in [0.25, 0.3) is 10.6 Å². The van der Waals surface area contributed by atoms with E-state index in [-0.39, 0.29) is 6.03 Å². The van der Waals surface area contributed by atoms with Crippen molar-refractivity contribution >= 4 is 17.4 Å². The molecule has 0 unspecified atom stereocenters. The second-order valence-corrected chi connectivity index (χ2v) is 6.77. The SMILES string of the molecule is Cc1nc(-c2ccccc2)sc1CNC(=O)NC[C@@H]1CCOC1. The third-order valence-electron chi connectivity index (χ3n) is 3.90. The molecule has 5 nitrogen and oxygen atoms in total. The van der Waals surface area contributed by atoms with Crippen LogP contribution in [0.4, 0.5) is 4.79 Å². The maximum absolute atomic E-state index is 11.9. The first-order valence-electron chi connectivity index (χ1n) is 7.83. The van der Waals surface area contributed by atoms with Gasteiger partial charge in [-0.3, -0.25) is 0 Å². The van der Waals surface area contributed by atoms with Crippen LogP contribution >= 0.6 is 11.3 Å². The Morgan fingerprint density at radius 1 is 1.35 bits per heavy atom. The van der Waals surface area contributed by atoms with Crippen LogP contribution in [0, 0.1) is 12.8 Å². The predicted octanol–water partition coefficient (Wildman–Crippen LogP) is 2.95. The van der Waals surface area contributed by atoms with Crippen molar-refractivity contribution in [3.8, 4) is 10.6 Å². The number of rotatable bonds is 5. The Morgan fingerprint density at radius 3 is 2.91 bits per heavy atom. The standard InChI is InChI=1S/C17H21N3O2S/c1-12-15(23-16(20-12)14-5-3-2-4-6-14)10-19-17(21)18-9-13-7-8-22-11-13/h2-6,13H,7-11H2,1H3,(H2,18,19,21)/t13-/m0/s1. The smallest absolute Gasteiger partial charge is 0.315 e. The van der Waals surface area contributed by atoms with Gasteiger partial charge in [0.2, 0.25) is 0 Å². The maximum Gasteiger partial charge on any atom is 0.315 e. The molecule has 122 valence electrons. The molecule has 2 N–H and O–H groups in total. The molecule has 6 heteroatoms. The third-order valence-corrected chi connectivity index (χ3v) is 5.10. The monoisotopic (exact) mass is 331 g/mol. The number of thiazole rings is 1. The molecule has 0 spiro atoms. The van der Waals surface area contributed by atoms with Crippen molar-refractivity contribution in [1.29, 1.82) is 0 Å². The lowest BCUT2D eigenvalue weighted by atomic mass is 10.1. The highest BCUT2D eigenvalue weighted by Crippen LogP contribution is 2.27. The van der Waals surface area contributed by atoms with E-state index < -0.39 is 0 Å². The Morgan fingerprint density at radius 2 is 2.17 bits per heavy atom. The molecule has 1 aliphatic rings. The molecule has 1 atom stereocenters. The van der Waals surface area contributed by atoms with Gasteiger partial charge in [0.05, 0.1) is 18.8 Å². The number of hydrogen-bond donors (Lipinski definition) is 2. The van der Waals surface area contributed by atoms with E-state index in [4.69, 9.17) is 4.74 Å². The molecule has 1 aromatic heterocycles. The first-order chi connectivity index (χ1) is 11.2. The van der Waals surface area contributed by atoms with Crippen molar-refractivity contribution in [2.75, 3.05) is 19.8 Å². The molecule has 0 bridgehead atoms. The van der Waals surface area contributed by atoms with Gasteiger partial charge in [-0.15, -0.1) is 11.3 Å². The third kappa shape index (κ3) is 4.30. The van der Waals surface area contributed by atoms with Crippen LogP contribution in [0.1, 0.15) is 17.0 Å². The fourth-order valence-electron chi connectivity index (χ4n) is 2.50. The first kappa shape index (κ1) is 16.0. The lowest BCUT2D eigenvalue weighted by Gasteiger charge is -2.10. The summed E-state index contributed by atoms with van der Waals surface area (Å²) in [6, 6.07) is 9.96. The molecule has 23 heavy (non-hydrogen) atoms. The zero-order valence-corrected chi connectivity index (χ0v) is 14.0. The molecular weight excluding hydrogens is 310 g/mol. The Hall–Kier alpha value is -1.92. The van der Waals surface area contributed by atoms with Crippen LogP contribution in [-0.4, -0.2) is 30.8 Å². The van der Waals surface area contributed by atoms with Gasteiger partial charge in [-0.2, -0.15) is 0 Å². The van der Waals surface area contributed by atoms with Gasteiger partial charge in [0.25, 0.3) is 0 Å². The zero-order chi connectivity index (χ0) is 16.1. The highest BCUT2D eigenvalue weighted by Gasteiger charge is 2.16. The molecule has 2 aromatic rings. The van der Waals surface area contributed by atoms with E-state index in [2.05, 4.69) is 15.6 Å². The van der Waals surface area contributed by atoms with E-state index >= 15 is 0 Å². The van der Waals surface area contributed by atoms with Crippen molar-refractivity contribution < 1.29 is 9.53 Å². The Labute approximate surface area is 140 Å². The quantitative estimate of drug-likeness (QED) is 0.885. The summed E-state index contributed by atoms with van der Waals surface area (Å²) in [7, 11) is 0. The number of amides is 2. The minimum atomic E-state index is -0.133. The minimum Gasteiger partial charge on any atom is -0.381 e. The average Bonchev–Trinajstić information content (AvgIpc) is 3.21. The van der Waals surface area contributed by atoms with Gasteiger partial charge >= 0.3 is 6.03 Å². The molecule has 1 fully saturated rings. The highest BCUT2D eigenvalue weighted by atomic mass is 32.1. The average molecular weight is 331 g/mol. The number of ether oxygens (including phenoxy) is 1.